The molecule has 6 heteroatoms. The van der Waals surface area contributed by atoms with Gasteiger partial charge in [-0.3, -0.25) is 10.3 Å². The molecule has 0 atom stereocenters. The maximum Gasteiger partial charge on any atom is 0.404 e. The number of primary amides is 1. The molecule has 0 aliphatic rings. The van der Waals surface area contributed by atoms with Crippen LogP contribution in [0.2, 0.25) is 5.02 Å². The van der Waals surface area contributed by atoms with Crippen LogP contribution in [0, 0.1) is 6.92 Å². The zero-order valence-electron chi connectivity index (χ0n) is 14.0. The predicted octanol–water partition coefficient (Wildman–Crippen LogP) is 3.98. The summed E-state index contributed by atoms with van der Waals surface area (Å²) in [5, 5.41) is 0.588. The average molecular weight is 361 g/mol. The van der Waals surface area contributed by atoms with E-state index in [-0.39, 0.29) is 6.61 Å². The molecule has 1 amide bonds. The highest BCUT2D eigenvalue weighted by Gasteiger charge is 2.06. The quantitative estimate of drug-likeness (QED) is 0.698. The highest BCUT2D eigenvalue weighted by Crippen LogP contribution is 2.21. The van der Waals surface area contributed by atoms with Crippen molar-refractivity contribution in [3.63, 3.8) is 0 Å². The Balaban J connectivity index is 1.91. The summed E-state index contributed by atoms with van der Waals surface area (Å²) in [7, 11) is 0. The number of ether oxygens (including phenoxy) is 1. The minimum atomic E-state index is -0.803. The van der Waals surface area contributed by atoms with E-state index in [2.05, 4.69) is 18.1 Å². The summed E-state index contributed by atoms with van der Waals surface area (Å²) in [6, 6.07) is 13.6. The fraction of sp³-hybridized carbons (Fsp3) is 0.211. The Kier molecular flexibility index (Phi) is 6.86. The molecule has 5 nitrogen and oxygen atoms in total. The highest BCUT2D eigenvalue weighted by molar-refractivity contribution is 6.31. The Morgan fingerprint density at radius 1 is 1.28 bits per heavy atom. The number of halogens is 1. The van der Waals surface area contributed by atoms with Crippen LogP contribution in [-0.4, -0.2) is 12.7 Å². The van der Waals surface area contributed by atoms with E-state index in [4.69, 9.17) is 26.9 Å². The molecule has 0 spiro atoms. The van der Waals surface area contributed by atoms with Crippen LogP contribution in [0.3, 0.4) is 0 Å². The monoisotopic (exact) mass is 360 g/mol. The second-order valence-electron chi connectivity index (χ2n) is 5.58. The molecule has 2 rings (SSSR count). The van der Waals surface area contributed by atoms with Gasteiger partial charge in [0.2, 0.25) is 0 Å². The van der Waals surface area contributed by atoms with Crippen LogP contribution >= 0.6 is 11.6 Å². The minimum absolute atomic E-state index is 0.169. The predicted molar refractivity (Wildman–Crippen MR) is 98.8 cm³/mol. The fourth-order valence-electron chi connectivity index (χ4n) is 2.28. The van der Waals surface area contributed by atoms with Crippen LogP contribution in [0.1, 0.15) is 22.3 Å². The van der Waals surface area contributed by atoms with E-state index in [0.29, 0.717) is 23.7 Å². The third-order valence-electron chi connectivity index (χ3n) is 3.53. The first-order valence-corrected chi connectivity index (χ1v) is 8.17. The number of hydrogen-bond donors (Lipinski definition) is 2. The Morgan fingerprint density at radius 3 is 2.80 bits per heavy atom. The highest BCUT2D eigenvalue weighted by atomic mass is 35.5. The van der Waals surface area contributed by atoms with Crippen molar-refractivity contribution in [1.82, 2.24) is 5.48 Å². The maximum absolute atomic E-state index is 10.6. The SMILES string of the molecule is C=C(NOCc1cccc(C)c1)c1ccc(Cl)c(CCOC(N)=O)c1. The standard InChI is InChI=1S/C19H21ClN2O3/c1-13-4-3-5-15(10-13)12-25-22-14(2)16-6-7-18(20)17(11-16)8-9-24-19(21)23/h3-7,10-11,22H,2,8-9,12H2,1H3,(H2,21,23). The number of hydrogen-bond acceptors (Lipinski definition) is 4. The van der Waals surface area contributed by atoms with Gasteiger partial charge in [0.25, 0.3) is 0 Å². The molecule has 0 saturated heterocycles. The number of carbonyl (C=O) groups excluding carboxylic acids is 1. The molecule has 0 radical (unpaired) electrons. The van der Waals surface area contributed by atoms with Crippen molar-refractivity contribution >= 4 is 23.4 Å². The zero-order valence-corrected chi connectivity index (χ0v) is 14.8. The smallest absolute Gasteiger partial charge is 0.404 e. The summed E-state index contributed by atoms with van der Waals surface area (Å²) in [6.07, 6.45) is -0.338. The van der Waals surface area contributed by atoms with Crippen molar-refractivity contribution in [1.29, 1.82) is 0 Å². The number of nitrogens with one attached hydrogen (secondary N) is 1. The number of nitrogens with two attached hydrogens (primary N) is 1. The van der Waals surface area contributed by atoms with Crippen molar-refractivity contribution in [2.24, 2.45) is 5.73 Å². The van der Waals surface area contributed by atoms with E-state index in [1.54, 1.807) is 6.07 Å². The van der Waals surface area contributed by atoms with Gasteiger partial charge >= 0.3 is 6.09 Å². The summed E-state index contributed by atoms with van der Waals surface area (Å²) >= 11 is 6.16. The molecule has 3 N–H and O–H groups in total. The van der Waals surface area contributed by atoms with Gasteiger partial charge in [0, 0.05) is 11.4 Å². The van der Waals surface area contributed by atoms with Gasteiger partial charge in [-0.25, -0.2) is 4.79 Å². The molecule has 0 fully saturated rings. The minimum Gasteiger partial charge on any atom is -0.449 e. The summed E-state index contributed by atoms with van der Waals surface area (Å²) < 4.78 is 4.74. The molecule has 2 aromatic carbocycles. The number of rotatable bonds is 8. The van der Waals surface area contributed by atoms with E-state index < -0.39 is 6.09 Å². The number of carbonyl (C=O) groups is 1. The van der Waals surface area contributed by atoms with Gasteiger partial charge in [-0.2, -0.15) is 0 Å². The van der Waals surface area contributed by atoms with Crippen molar-refractivity contribution in [3.8, 4) is 0 Å². The van der Waals surface area contributed by atoms with Gasteiger partial charge in [-0.15, -0.1) is 0 Å². The molecule has 0 aliphatic carbocycles. The first kappa shape index (κ1) is 18.8. The lowest BCUT2D eigenvalue weighted by Gasteiger charge is -2.12. The van der Waals surface area contributed by atoms with Crippen LogP contribution < -0.4 is 11.2 Å². The normalized spacial score (nSPS) is 10.3. The maximum atomic E-state index is 10.6. The van der Waals surface area contributed by atoms with Crippen molar-refractivity contribution in [3.05, 3.63) is 76.3 Å². The van der Waals surface area contributed by atoms with Gasteiger partial charge in [-0.05, 0) is 35.7 Å². The Labute approximate surface area is 152 Å². The van der Waals surface area contributed by atoms with E-state index in [1.807, 2.05) is 37.3 Å². The van der Waals surface area contributed by atoms with E-state index in [9.17, 15) is 4.79 Å². The third-order valence-corrected chi connectivity index (χ3v) is 3.90. The lowest BCUT2D eigenvalue weighted by Crippen LogP contribution is -2.15. The number of amides is 1. The molecular formula is C19H21ClN2O3. The van der Waals surface area contributed by atoms with Crippen LogP contribution in [-0.2, 0) is 22.6 Å². The van der Waals surface area contributed by atoms with Crippen molar-refractivity contribution in [2.45, 2.75) is 20.0 Å². The number of benzene rings is 2. The van der Waals surface area contributed by atoms with Crippen molar-refractivity contribution < 1.29 is 14.4 Å². The second kappa shape index (κ2) is 9.11. The van der Waals surface area contributed by atoms with E-state index in [1.165, 1.54) is 5.56 Å². The Hall–Kier alpha value is -2.50. The van der Waals surface area contributed by atoms with E-state index >= 15 is 0 Å². The van der Waals surface area contributed by atoms with Gasteiger partial charge in [0.05, 0.1) is 18.9 Å². The first-order chi connectivity index (χ1) is 12.0. The van der Waals surface area contributed by atoms with Gasteiger partial charge in [0.1, 0.15) is 0 Å². The molecule has 0 bridgehead atoms. The van der Waals surface area contributed by atoms with Crippen LogP contribution in [0.4, 0.5) is 4.79 Å². The molecule has 0 aliphatic heterocycles. The summed E-state index contributed by atoms with van der Waals surface area (Å²) in [5.41, 5.74) is 12.3. The Bertz CT molecular complexity index is 762. The number of aryl methyl sites for hydroxylation is 1. The largest absolute Gasteiger partial charge is 0.449 e. The molecule has 0 saturated carbocycles. The lowest BCUT2D eigenvalue weighted by molar-refractivity contribution is 0.0648. The van der Waals surface area contributed by atoms with Gasteiger partial charge in [-0.1, -0.05) is 54.1 Å². The molecule has 132 valence electrons. The summed E-state index contributed by atoms with van der Waals surface area (Å²) in [4.78, 5) is 16.1. The number of hydroxylamine groups is 1. The molecule has 0 unspecified atom stereocenters. The lowest BCUT2D eigenvalue weighted by atomic mass is 10.1. The van der Waals surface area contributed by atoms with Crippen LogP contribution in [0.5, 0.6) is 0 Å². The zero-order chi connectivity index (χ0) is 18.2. The van der Waals surface area contributed by atoms with Crippen molar-refractivity contribution in [2.75, 3.05) is 6.61 Å². The molecule has 0 aromatic heterocycles. The molecule has 0 heterocycles. The van der Waals surface area contributed by atoms with E-state index in [0.717, 1.165) is 16.7 Å². The Morgan fingerprint density at radius 2 is 2.08 bits per heavy atom. The topological polar surface area (TPSA) is 73.6 Å². The fourth-order valence-corrected chi connectivity index (χ4v) is 2.50. The second-order valence-corrected chi connectivity index (χ2v) is 5.99. The third kappa shape index (κ3) is 6.14. The van der Waals surface area contributed by atoms with Gasteiger partial charge in [0.15, 0.2) is 0 Å². The molecule has 2 aromatic rings. The molecule has 25 heavy (non-hydrogen) atoms. The first-order valence-electron chi connectivity index (χ1n) is 7.79. The van der Waals surface area contributed by atoms with Crippen LogP contribution in [0.15, 0.2) is 49.0 Å². The van der Waals surface area contributed by atoms with Gasteiger partial charge < -0.3 is 10.5 Å². The summed E-state index contributed by atoms with van der Waals surface area (Å²) in [5.74, 6) is 0. The summed E-state index contributed by atoms with van der Waals surface area (Å²) in [6.45, 7) is 6.60. The average Bonchev–Trinajstić information content (AvgIpc) is 2.56. The van der Waals surface area contributed by atoms with Crippen LogP contribution in [0.25, 0.3) is 5.70 Å². The molecular weight excluding hydrogens is 340 g/mol.